The molecular formula is C55H41NO. The van der Waals surface area contributed by atoms with Gasteiger partial charge < -0.3 is 9.64 Å². The van der Waals surface area contributed by atoms with Crippen LogP contribution in [0.2, 0.25) is 0 Å². The molecule has 11 rings (SSSR count). The number of benzene rings is 8. The first-order valence-corrected chi connectivity index (χ1v) is 20.0. The van der Waals surface area contributed by atoms with E-state index >= 15 is 0 Å². The van der Waals surface area contributed by atoms with E-state index in [-0.39, 0.29) is 17.4 Å². The number of ether oxygens (including phenoxy) is 1. The average molecular weight is 732 g/mol. The van der Waals surface area contributed by atoms with Crippen molar-refractivity contribution in [2.45, 2.75) is 31.3 Å². The van der Waals surface area contributed by atoms with Crippen LogP contribution in [0.25, 0.3) is 50.6 Å². The first kappa shape index (κ1) is 33.4. The van der Waals surface area contributed by atoms with Crippen molar-refractivity contribution in [1.82, 2.24) is 0 Å². The van der Waals surface area contributed by atoms with Crippen LogP contribution in [0.5, 0.6) is 5.75 Å². The summed E-state index contributed by atoms with van der Waals surface area (Å²) in [5.74, 6) is 1.14. The Morgan fingerprint density at radius 1 is 0.474 bits per heavy atom. The minimum atomic E-state index is -0.130. The third-order valence-electron chi connectivity index (χ3n) is 12.5. The summed E-state index contributed by atoms with van der Waals surface area (Å²) in [7, 11) is 0. The largest absolute Gasteiger partial charge is 0.484 e. The zero-order chi connectivity index (χ0) is 38.1. The number of hydrogen-bond donors (Lipinski definition) is 0. The molecule has 2 atom stereocenters. The van der Waals surface area contributed by atoms with Gasteiger partial charge in [0.15, 0.2) is 0 Å². The molecule has 0 saturated heterocycles. The van der Waals surface area contributed by atoms with Crippen LogP contribution in [-0.2, 0) is 5.41 Å². The van der Waals surface area contributed by atoms with Crippen molar-refractivity contribution in [3.63, 3.8) is 0 Å². The van der Waals surface area contributed by atoms with E-state index in [0.29, 0.717) is 0 Å². The quantitative estimate of drug-likeness (QED) is 0.169. The van der Waals surface area contributed by atoms with Crippen LogP contribution >= 0.6 is 0 Å². The van der Waals surface area contributed by atoms with Crippen LogP contribution in [0.3, 0.4) is 0 Å². The maximum atomic E-state index is 7.05. The van der Waals surface area contributed by atoms with E-state index in [9.17, 15) is 0 Å². The summed E-state index contributed by atoms with van der Waals surface area (Å²) in [5, 5.41) is 0. The van der Waals surface area contributed by atoms with Gasteiger partial charge in [-0.3, -0.25) is 0 Å². The summed E-state index contributed by atoms with van der Waals surface area (Å²) in [6.45, 7) is 4.71. The normalized spacial score (nSPS) is 16.5. The summed E-state index contributed by atoms with van der Waals surface area (Å²) in [4.78, 5) is 2.48. The lowest BCUT2D eigenvalue weighted by Gasteiger charge is -2.31. The lowest BCUT2D eigenvalue weighted by atomic mass is 9.82. The van der Waals surface area contributed by atoms with Crippen LogP contribution in [-0.4, -0.2) is 0 Å². The first-order valence-electron chi connectivity index (χ1n) is 20.0. The number of fused-ring (bicyclic) bond motifs is 8. The van der Waals surface area contributed by atoms with Gasteiger partial charge in [0.2, 0.25) is 0 Å². The fourth-order valence-electron chi connectivity index (χ4n) is 9.65. The molecule has 0 bridgehead atoms. The molecule has 2 unspecified atom stereocenters. The molecule has 0 radical (unpaired) electrons. The summed E-state index contributed by atoms with van der Waals surface area (Å²) in [6.07, 6.45) is 4.54. The highest BCUT2D eigenvalue weighted by Crippen LogP contribution is 2.57. The van der Waals surface area contributed by atoms with E-state index in [4.69, 9.17) is 4.74 Å². The SMILES string of the molecule is CC1(C)c2ccccc2-c2c(N(c3ccc(-c4cccc(-c5ccccc5)c4)cc3)c3ccccc3-c3cccc4c3OC3c5ccccc5C=CC43)cccc21. The van der Waals surface area contributed by atoms with Gasteiger partial charge in [0.1, 0.15) is 11.9 Å². The molecule has 8 aromatic carbocycles. The molecule has 0 saturated carbocycles. The molecule has 8 aromatic rings. The Bertz CT molecular complexity index is 2870. The number of anilines is 3. The molecule has 3 aliphatic rings. The number of para-hydroxylation sites is 2. The molecule has 0 N–H and O–H groups in total. The lowest BCUT2D eigenvalue weighted by molar-refractivity contribution is 0.224. The summed E-state index contributed by atoms with van der Waals surface area (Å²) in [5.41, 5.74) is 19.3. The molecule has 0 spiro atoms. The molecule has 1 aliphatic heterocycles. The van der Waals surface area contributed by atoms with Gasteiger partial charge in [-0.1, -0.05) is 184 Å². The average Bonchev–Trinajstić information content (AvgIpc) is 3.77. The highest BCUT2D eigenvalue weighted by Gasteiger charge is 2.40. The van der Waals surface area contributed by atoms with E-state index in [1.165, 1.54) is 61.2 Å². The Morgan fingerprint density at radius 3 is 1.91 bits per heavy atom. The van der Waals surface area contributed by atoms with Crippen molar-refractivity contribution in [3.05, 3.63) is 222 Å². The van der Waals surface area contributed by atoms with Gasteiger partial charge in [-0.2, -0.15) is 0 Å². The Kier molecular flexibility index (Phi) is 7.69. The molecule has 272 valence electrons. The van der Waals surface area contributed by atoms with Gasteiger partial charge in [-0.05, 0) is 74.8 Å². The van der Waals surface area contributed by atoms with Gasteiger partial charge in [-0.15, -0.1) is 0 Å². The predicted molar refractivity (Wildman–Crippen MR) is 237 cm³/mol. The predicted octanol–water partition coefficient (Wildman–Crippen LogP) is 14.7. The van der Waals surface area contributed by atoms with Crippen molar-refractivity contribution in [3.8, 4) is 50.3 Å². The van der Waals surface area contributed by atoms with Gasteiger partial charge >= 0.3 is 0 Å². The fraction of sp³-hybridized carbons (Fsp3) is 0.0909. The molecule has 2 heteroatoms. The molecule has 2 nitrogen and oxygen atoms in total. The third-order valence-corrected chi connectivity index (χ3v) is 12.5. The minimum absolute atomic E-state index is 0.0466. The van der Waals surface area contributed by atoms with Gasteiger partial charge in [0.25, 0.3) is 0 Å². The van der Waals surface area contributed by atoms with Crippen molar-refractivity contribution >= 4 is 23.1 Å². The van der Waals surface area contributed by atoms with E-state index in [1.807, 2.05) is 0 Å². The smallest absolute Gasteiger partial charge is 0.135 e. The molecule has 2 aliphatic carbocycles. The van der Waals surface area contributed by atoms with Crippen molar-refractivity contribution < 1.29 is 4.74 Å². The third kappa shape index (κ3) is 5.32. The second-order valence-electron chi connectivity index (χ2n) is 16.0. The lowest BCUT2D eigenvalue weighted by Crippen LogP contribution is -2.16. The van der Waals surface area contributed by atoms with Gasteiger partial charge in [0.05, 0.1) is 11.4 Å². The van der Waals surface area contributed by atoms with E-state index < -0.39 is 0 Å². The van der Waals surface area contributed by atoms with Gasteiger partial charge in [-0.25, -0.2) is 0 Å². The fourth-order valence-corrected chi connectivity index (χ4v) is 9.65. The molecular weight excluding hydrogens is 691 g/mol. The minimum Gasteiger partial charge on any atom is -0.484 e. The summed E-state index contributed by atoms with van der Waals surface area (Å²) < 4.78 is 7.05. The highest BCUT2D eigenvalue weighted by molar-refractivity contribution is 5.98. The maximum absolute atomic E-state index is 7.05. The van der Waals surface area contributed by atoms with Crippen LogP contribution in [0.1, 0.15) is 53.7 Å². The van der Waals surface area contributed by atoms with Crippen molar-refractivity contribution in [2.75, 3.05) is 4.90 Å². The second-order valence-corrected chi connectivity index (χ2v) is 16.0. The zero-order valence-corrected chi connectivity index (χ0v) is 32.1. The molecule has 0 aromatic heterocycles. The molecule has 0 amide bonds. The van der Waals surface area contributed by atoms with Crippen LogP contribution in [0.4, 0.5) is 17.1 Å². The van der Waals surface area contributed by atoms with Crippen molar-refractivity contribution in [2.24, 2.45) is 0 Å². The van der Waals surface area contributed by atoms with Crippen LogP contribution in [0.15, 0.2) is 194 Å². The Labute approximate surface area is 335 Å². The van der Waals surface area contributed by atoms with Crippen LogP contribution < -0.4 is 9.64 Å². The van der Waals surface area contributed by atoms with Crippen molar-refractivity contribution in [1.29, 1.82) is 0 Å². The van der Waals surface area contributed by atoms with Crippen LogP contribution in [0, 0.1) is 0 Å². The number of rotatable bonds is 6. The Hall–Kier alpha value is -6.90. The Morgan fingerprint density at radius 2 is 1.07 bits per heavy atom. The number of nitrogens with zero attached hydrogens (tertiary/aromatic N) is 1. The molecule has 57 heavy (non-hydrogen) atoms. The standard InChI is InChI=1S/C55H41NO/c1-55(2)48-25-10-8-22-47(48)52-49(55)26-14-28-51(52)56(41-32-29-37(30-33-41)40-19-12-18-39(35-40)36-15-4-3-5-16-36)50-27-11-9-21-43(50)44-23-13-24-45-46-34-31-38-17-6-7-20-42(38)53(46)57-54(44)45/h3-35,46,53H,1-2H3. The van der Waals surface area contributed by atoms with E-state index in [2.05, 4.69) is 219 Å². The molecule has 0 fully saturated rings. The van der Waals surface area contributed by atoms with E-state index in [0.717, 1.165) is 33.9 Å². The van der Waals surface area contributed by atoms with Gasteiger partial charge in [0, 0.05) is 44.8 Å². The summed E-state index contributed by atoms with van der Waals surface area (Å²) >= 11 is 0. The maximum Gasteiger partial charge on any atom is 0.135 e. The Balaban J connectivity index is 1.08. The number of hydrogen-bond acceptors (Lipinski definition) is 2. The zero-order valence-electron chi connectivity index (χ0n) is 32.1. The second kappa shape index (κ2) is 13.1. The molecule has 1 heterocycles. The topological polar surface area (TPSA) is 12.5 Å². The highest BCUT2D eigenvalue weighted by atomic mass is 16.5. The summed E-state index contributed by atoms with van der Waals surface area (Å²) in [6, 6.07) is 68.5. The first-order chi connectivity index (χ1) is 28.0. The monoisotopic (exact) mass is 731 g/mol. The van der Waals surface area contributed by atoms with E-state index in [1.54, 1.807) is 0 Å².